The maximum Gasteiger partial charge on any atom is 0.194 e. The summed E-state index contributed by atoms with van der Waals surface area (Å²) in [7, 11) is 1.37. The SMILES string of the molecule is COC(C(O)c1ccc(F)c(F)c1F)C(C)(C)C. The summed E-state index contributed by atoms with van der Waals surface area (Å²) in [5.74, 6) is -4.25. The molecule has 0 saturated heterocycles. The highest BCUT2D eigenvalue weighted by Gasteiger charge is 2.34. The van der Waals surface area contributed by atoms with Crippen LogP contribution < -0.4 is 0 Å². The number of ether oxygens (including phenoxy) is 1. The van der Waals surface area contributed by atoms with Gasteiger partial charge in [0.2, 0.25) is 0 Å². The molecule has 0 aliphatic carbocycles. The molecule has 1 aromatic rings. The highest BCUT2D eigenvalue weighted by atomic mass is 19.2. The van der Waals surface area contributed by atoms with E-state index in [1.165, 1.54) is 7.11 Å². The van der Waals surface area contributed by atoms with Crippen molar-refractivity contribution in [3.63, 3.8) is 0 Å². The number of benzene rings is 1. The van der Waals surface area contributed by atoms with Gasteiger partial charge in [-0.25, -0.2) is 13.2 Å². The van der Waals surface area contributed by atoms with E-state index in [0.29, 0.717) is 0 Å². The third kappa shape index (κ3) is 2.84. The van der Waals surface area contributed by atoms with Gasteiger partial charge in [-0.2, -0.15) is 0 Å². The first-order valence-electron chi connectivity index (χ1n) is 5.54. The number of aliphatic hydroxyl groups is 1. The third-order valence-corrected chi connectivity index (χ3v) is 2.78. The normalized spacial score (nSPS) is 15.6. The van der Waals surface area contributed by atoms with Crippen LogP contribution in [0.4, 0.5) is 13.2 Å². The average molecular weight is 262 g/mol. The van der Waals surface area contributed by atoms with Crippen LogP contribution in [0.5, 0.6) is 0 Å². The Balaban J connectivity index is 3.18. The fraction of sp³-hybridized carbons (Fsp3) is 0.538. The fourth-order valence-corrected chi connectivity index (χ4v) is 1.89. The van der Waals surface area contributed by atoms with Crippen LogP contribution in [0, 0.1) is 22.9 Å². The van der Waals surface area contributed by atoms with Crippen molar-refractivity contribution in [2.24, 2.45) is 5.41 Å². The lowest BCUT2D eigenvalue weighted by molar-refractivity contribution is -0.0737. The molecule has 0 amide bonds. The van der Waals surface area contributed by atoms with E-state index in [0.717, 1.165) is 12.1 Å². The lowest BCUT2D eigenvalue weighted by Gasteiger charge is -2.33. The summed E-state index contributed by atoms with van der Waals surface area (Å²) in [6.45, 7) is 5.38. The fourth-order valence-electron chi connectivity index (χ4n) is 1.89. The number of hydrogen-bond donors (Lipinski definition) is 1. The quantitative estimate of drug-likeness (QED) is 0.848. The predicted octanol–water partition coefficient (Wildman–Crippen LogP) is 3.20. The van der Waals surface area contributed by atoms with E-state index in [4.69, 9.17) is 4.74 Å². The molecule has 18 heavy (non-hydrogen) atoms. The summed E-state index contributed by atoms with van der Waals surface area (Å²) >= 11 is 0. The van der Waals surface area contributed by atoms with Gasteiger partial charge in [0.25, 0.3) is 0 Å². The molecular formula is C13H17F3O2. The largest absolute Gasteiger partial charge is 0.386 e. The zero-order valence-electron chi connectivity index (χ0n) is 10.8. The second-order valence-corrected chi connectivity index (χ2v) is 5.23. The van der Waals surface area contributed by atoms with Crippen LogP contribution in [0.15, 0.2) is 12.1 Å². The minimum atomic E-state index is -1.59. The summed E-state index contributed by atoms with van der Waals surface area (Å²) in [6, 6.07) is 1.81. The molecule has 0 heterocycles. The van der Waals surface area contributed by atoms with Gasteiger partial charge in [0.1, 0.15) is 6.10 Å². The van der Waals surface area contributed by atoms with Crippen molar-refractivity contribution in [3.8, 4) is 0 Å². The van der Waals surface area contributed by atoms with Gasteiger partial charge in [-0.15, -0.1) is 0 Å². The highest BCUT2D eigenvalue weighted by molar-refractivity contribution is 5.23. The number of methoxy groups -OCH3 is 1. The maximum atomic E-state index is 13.6. The van der Waals surface area contributed by atoms with Gasteiger partial charge in [0.05, 0.1) is 6.10 Å². The van der Waals surface area contributed by atoms with Crippen molar-refractivity contribution >= 4 is 0 Å². The molecule has 0 fully saturated rings. The van der Waals surface area contributed by atoms with Crippen molar-refractivity contribution in [3.05, 3.63) is 35.1 Å². The van der Waals surface area contributed by atoms with Crippen LogP contribution in [0.3, 0.4) is 0 Å². The Morgan fingerprint density at radius 2 is 1.67 bits per heavy atom. The minimum Gasteiger partial charge on any atom is -0.386 e. The van der Waals surface area contributed by atoms with E-state index in [1.54, 1.807) is 20.8 Å². The zero-order chi connectivity index (χ0) is 14.1. The van der Waals surface area contributed by atoms with Crippen molar-refractivity contribution in [1.82, 2.24) is 0 Å². The smallest absolute Gasteiger partial charge is 0.194 e. The molecule has 0 aliphatic heterocycles. The van der Waals surface area contributed by atoms with Crippen molar-refractivity contribution < 1.29 is 23.0 Å². The van der Waals surface area contributed by atoms with Crippen LogP contribution in [-0.4, -0.2) is 18.3 Å². The second kappa shape index (κ2) is 5.28. The standard InChI is InChI=1S/C13H17F3O2/c1-13(2,3)12(18-4)11(17)7-5-6-8(14)10(16)9(7)15/h5-6,11-12,17H,1-4H3. The first kappa shape index (κ1) is 15.0. The van der Waals surface area contributed by atoms with Crippen LogP contribution in [-0.2, 0) is 4.74 Å². The molecule has 0 aliphatic rings. The first-order chi connectivity index (χ1) is 8.20. The zero-order valence-corrected chi connectivity index (χ0v) is 10.8. The predicted molar refractivity (Wildman–Crippen MR) is 61.5 cm³/mol. The van der Waals surface area contributed by atoms with Crippen LogP contribution >= 0.6 is 0 Å². The Morgan fingerprint density at radius 1 is 1.11 bits per heavy atom. The van der Waals surface area contributed by atoms with Gasteiger partial charge in [0.15, 0.2) is 17.5 Å². The Morgan fingerprint density at radius 3 is 2.11 bits per heavy atom. The minimum absolute atomic E-state index is 0.310. The molecule has 0 spiro atoms. The molecule has 2 unspecified atom stereocenters. The van der Waals surface area contributed by atoms with Gasteiger partial charge >= 0.3 is 0 Å². The summed E-state index contributed by atoms with van der Waals surface area (Å²) in [4.78, 5) is 0. The molecular weight excluding hydrogens is 245 g/mol. The lowest BCUT2D eigenvalue weighted by Crippen LogP contribution is -2.35. The second-order valence-electron chi connectivity index (χ2n) is 5.23. The number of aliphatic hydroxyl groups excluding tert-OH is 1. The molecule has 0 saturated carbocycles. The topological polar surface area (TPSA) is 29.5 Å². The van der Waals surface area contributed by atoms with Crippen molar-refractivity contribution in [2.75, 3.05) is 7.11 Å². The molecule has 0 radical (unpaired) electrons. The van der Waals surface area contributed by atoms with E-state index in [-0.39, 0.29) is 5.56 Å². The van der Waals surface area contributed by atoms with Crippen molar-refractivity contribution in [1.29, 1.82) is 0 Å². The van der Waals surface area contributed by atoms with Gasteiger partial charge < -0.3 is 9.84 Å². The number of rotatable bonds is 3. The summed E-state index contributed by atoms with van der Waals surface area (Å²) < 4.78 is 44.6. The van der Waals surface area contributed by atoms with Gasteiger partial charge in [-0.05, 0) is 11.5 Å². The third-order valence-electron chi connectivity index (χ3n) is 2.78. The van der Waals surface area contributed by atoms with Gasteiger partial charge in [-0.3, -0.25) is 0 Å². The Labute approximate surface area is 104 Å². The van der Waals surface area contributed by atoms with Gasteiger partial charge in [-0.1, -0.05) is 26.8 Å². The van der Waals surface area contributed by atoms with Crippen LogP contribution in [0.25, 0.3) is 0 Å². The molecule has 102 valence electrons. The van der Waals surface area contributed by atoms with E-state index < -0.39 is 35.1 Å². The highest BCUT2D eigenvalue weighted by Crippen LogP contribution is 2.34. The lowest BCUT2D eigenvalue weighted by atomic mass is 9.83. The van der Waals surface area contributed by atoms with E-state index in [2.05, 4.69) is 0 Å². The van der Waals surface area contributed by atoms with E-state index >= 15 is 0 Å². The first-order valence-corrected chi connectivity index (χ1v) is 5.54. The van der Waals surface area contributed by atoms with E-state index in [9.17, 15) is 18.3 Å². The van der Waals surface area contributed by atoms with Crippen LogP contribution in [0.1, 0.15) is 32.4 Å². The molecule has 2 atom stereocenters. The van der Waals surface area contributed by atoms with Crippen molar-refractivity contribution in [2.45, 2.75) is 33.0 Å². The molecule has 1 rings (SSSR count). The number of hydrogen-bond acceptors (Lipinski definition) is 2. The maximum absolute atomic E-state index is 13.6. The number of halogens is 3. The van der Waals surface area contributed by atoms with Crippen LogP contribution in [0.2, 0.25) is 0 Å². The summed E-state index contributed by atoms with van der Waals surface area (Å²) in [6.07, 6.45) is -2.11. The monoisotopic (exact) mass is 262 g/mol. The summed E-state index contributed by atoms with van der Waals surface area (Å²) in [5.41, 5.74) is -0.790. The molecule has 0 bridgehead atoms. The van der Waals surface area contributed by atoms with E-state index in [1.807, 2.05) is 0 Å². The Bertz CT molecular complexity index is 427. The summed E-state index contributed by atoms with van der Waals surface area (Å²) in [5, 5.41) is 10.1. The average Bonchev–Trinajstić information content (AvgIpc) is 2.25. The van der Waals surface area contributed by atoms with Gasteiger partial charge in [0, 0.05) is 12.7 Å². The molecule has 2 nitrogen and oxygen atoms in total. The molecule has 0 aromatic heterocycles. The Kier molecular flexibility index (Phi) is 4.40. The molecule has 1 aromatic carbocycles. The molecule has 1 N–H and O–H groups in total. The Hall–Kier alpha value is -1.07. The molecule has 5 heteroatoms.